The van der Waals surface area contributed by atoms with Crippen molar-refractivity contribution in [2.75, 3.05) is 0 Å². The van der Waals surface area contributed by atoms with Crippen LogP contribution in [0.1, 0.15) is 56.5 Å². The number of unbranched alkanes of at least 4 members (excludes halogenated alkanes) is 2. The lowest BCUT2D eigenvalue weighted by Crippen LogP contribution is -2.10. The van der Waals surface area contributed by atoms with Crippen LogP contribution in [0.25, 0.3) is 27.3 Å². The molecule has 5 rings (SSSR count). The Morgan fingerprint density at radius 2 is 2.00 bits per heavy atom. The highest BCUT2D eigenvalue weighted by molar-refractivity contribution is 6.02. The zero-order valence-corrected chi connectivity index (χ0v) is 16.3. The van der Waals surface area contributed by atoms with Crippen LogP contribution in [-0.2, 0) is 19.3 Å². The molecule has 3 nitrogen and oxygen atoms in total. The summed E-state index contributed by atoms with van der Waals surface area (Å²) in [5.41, 5.74) is 7.61. The molecule has 0 amide bonds. The van der Waals surface area contributed by atoms with Crippen LogP contribution in [0.2, 0.25) is 0 Å². The molecule has 0 aliphatic heterocycles. The number of hydrogen-bond acceptors (Lipinski definition) is 2. The number of nitrogens with zero attached hydrogens (tertiary/aromatic N) is 3. The van der Waals surface area contributed by atoms with Crippen molar-refractivity contribution in [3.8, 4) is 0 Å². The van der Waals surface area contributed by atoms with Crippen molar-refractivity contribution in [3.05, 3.63) is 53.3 Å². The van der Waals surface area contributed by atoms with Gasteiger partial charge in [-0.05, 0) is 56.2 Å². The molecule has 3 heteroatoms. The molecule has 1 unspecified atom stereocenters. The van der Waals surface area contributed by atoms with Crippen LogP contribution in [-0.4, -0.2) is 14.6 Å². The minimum atomic E-state index is 0.734. The Kier molecular flexibility index (Phi) is 4.11. The average Bonchev–Trinajstić information content (AvgIpc) is 3.06. The highest BCUT2D eigenvalue weighted by Crippen LogP contribution is 2.34. The highest BCUT2D eigenvalue weighted by atomic mass is 15.2. The summed E-state index contributed by atoms with van der Waals surface area (Å²) in [4.78, 5) is 5.02. The second-order valence-electron chi connectivity index (χ2n) is 8.24. The van der Waals surface area contributed by atoms with Crippen molar-refractivity contribution >= 4 is 27.3 Å². The maximum Gasteiger partial charge on any atom is 0.0794 e. The van der Waals surface area contributed by atoms with Crippen molar-refractivity contribution in [1.82, 2.24) is 14.6 Å². The van der Waals surface area contributed by atoms with E-state index in [0.29, 0.717) is 0 Å². The van der Waals surface area contributed by atoms with Crippen molar-refractivity contribution in [2.45, 2.75) is 58.8 Å². The van der Waals surface area contributed by atoms with E-state index in [1.54, 1.807) is 0 Å². The van der Waals surface area contributed by atoms with Crippen LogP contribution < -0.4 is 0 Å². The van der Waals surface area contributed by atoms with Crippen molar-refractivity contribution < 1.29 is 0 Å². The number of pyridine rings is 2. The summed E-state index contributed by atoms with van der Waals surface area (Å²) in [6.07, 6.45) is 8.29. The van der Waals surface area contributed by atoms with Crippen LogP contribution in [0.15, 0.2) is 36.4 Å². The van der Waals surface area contributed by atoms with E-state index >= 15 is 0 Å². The molecule has 0 spiro atoms. The summed E-state index contributed by atoms with van der Waals surface area (Å²) in [5, 5.41) is 7.56. The van der Waals surface area contributed by atoms with Crippen LogP contribution in [0.4, 0.5) is 0 Å². The highest BCUT2D eigenvalue weighted by Gasteiger charge is 2.24. The first kappa shape index (κ1) is 16.7. The zero-order chi connectivity index (χ0) is 18.4. The fourth-order valence-electron chi connectivity index (χ4n) is 4.61. The van der Waals surface area contributed by atoms with Gasteiger partial charge in [0.15, 0.2) is 0 Å². The predicted octanol–water partition coefficient (Wildman–Crippen LogP) is 5.89. The molecule has 0 bridgehead atoms. The number of benzene rings is 1. The van der Waals surface area contributed by atoms with E-state index in [4.69, 9.17) is 10.1 Å². The summed E-state index contributed by atoms with van der Waals surface area (Å²) in [6, 6.07) is 13.1. The molecule has 0 saturated heterocycles. The molecule has 1 aliphatic rings. The van der Waals surface area contributed by atoms with E-state index in [0.717, 1.165) is 36.2 Å². The van der Waals surface area contributed by atoms with Gasteiger partial charge >= 0.3 is 0 Å². The van der Waals surface area contributed by atoms with Gasteiger partial charge in [0.1, 0.15) is 0 Å². The van der Waals surface area contributed by atoms with Gasteiger partial charge in [0.2, 0.25) is 0 Å². The van der Waals surface area contributed by atoms with Crippen molar-refractivity contribution in [2.24, 2.45) is 5.92 Å². The monoisotopic (exact) mass is 357 g/mol. The number of aryl methyl sites for hydroxylation is 2. The van der Waals surface area contributed by atoms with Crippen LogP contribution in [0.3, 0.4) is 0 Å². The van der Waals surface area contributed by atoms with Crippen molar-refractivity contribution in [3.63, 3.8) is 0 Å². The lowest BCUT2D eigenvalue weighted by Gasteiger charge is -2.17. The second kappa shape index (κ2) is 6.63. The largest absolute Gasteiger partial charge is 0.248 e. The number of aromatic nitrogens is 3. The molecule has 138 valence electrons. The predicted molar refractivity (Wildman–Crippen MR) is 112 cm³/mol. The molecule has 1 atom stereocenters. The van der Waals surface area contributed by atoms with Gasteiger partial charge in [-0.1, -0.05) is 44.9 Å². The first-order valence-corrected chi connectivity index (χ1v) is 10.5. The lowest BCUT2D eigenvalue weighted by molar-refractivity contribution is 0.498. The van der Waals surface area contributed by atoms with Crippen molar-refractivity contribution in [1.29, 1.82) is 0 Å². The zero-order valence-electron chi connectivity index (χ0n) is 16.3. The number of rotatable bonds is 4. The second-order valence-corrected chi connectivity index (χ2v) is 8.24. The minimum Gasteiger partial charge on any atom is -0.248 e. The molecule has 0 saturated carbocycles. The molecule has 3 heterocycles. The summed E-state index contributed by atoms with van der Waals surface area (Å²) < 4.78 is 2.26. The Morgan fingerprint density at radius 1 is 1.11 bits per heavy atom. The Balaban J connectivity index is 1.82. The smallest absolute Gasteiger partial charge is 0.0794 e. The molecule has 1 aliphatic carbocycles. The van der Waals surface area contributed by atoms with Gasteiger partial charge in [0, 0.05) is 22.0 Å². The first-order valence-electron chi connectivity index (χ1n) is 10.5. The third kappa shape index (κ3) is 2.80. The van der Waals surface area contributed by atoms with Gasteiger partial charge in [-0.2, -0.15) is 5.10 Å². The quantitative estimate of drug-likeness (QED) is 0.336. The minimum absolute atomic E-state index is 0.734. The molecular formula is C24H27N3. The summed E-state index contributed by atoms with van der Waals surface area (Å²) in [5.74, 6) is 0.734. The van der Waals surface area contributed by atoms with E-state index < -0.39 is 0 Å². The molecule has 4 aromatic rings. The Hall–Kier alpha value is -2.42. The van der Waals surface area contributed by atoms with Gasteiger partial charge in [0.05, 0.1) is 22.2 Å². The molecule has 0 fully saturated rings. The summed E-state index contributed by atoms with van der Waals surface area (Å²) in [7, 11) is 0. The van der Waals surface area contributed by atoms with Gasteiger partial charge in [0.25, 0.3) is 0 Å². The van der Waals surface area contributed by atoms with E-state index in [-0.39, 0.29) is 0 Å². The Morgan fingerprint density at radius 3 is 2.89 bits per heavy atom. The lowest BCUT2D eigenvalue weighted by atomic mass is 9.87. The number of hydrogen-bond donors (Lipinski definition) is 0. The fraction of sp³-hybridized carbons (Fsp3) is 0.417. The standard InChI is InChI=1S/C24H27N3/c1-3-4-5-9-18-15-23-20(14-17-8-6-7-10-21(17)25-23)24-19-13-16(2)11-12-22(19)26-27(18)24/h6-8,10,14-16H,3-5,9,11-13H2,1-2H3. The number of para-hydroxylation sites is 1. The molecule has 1 aromatic carbocycles. The van der Waals surface area contributed by atoms with Crippen LogP contribution in [0.5, 0.6) is 0 Å². The maximum atomic E-state index is 5.09. The summed E-state index contributed by atoms with van der Waals surface area (Å²) in [6.45, 7) is 4.63. The molecule has 0 N–H and O–H groups in total. The average molecular weight is 358 g/mol. The molecule has 27 heavy (non-hydrogen) atoms. The van der Waals surface area contributed by atoms with E-state index in [1.165, 1.54) is 58.9 Å². The Labute approximate surface area is 160 Å². The SMILES string of the molecule is CCCCCc1cc2nc3ccccc3cc2c2c3c(nn12)CCC(C)C3. The fourth-order valence-corrected chi connectivity index (χ4v) is 4.61. The first-order chi connectivity index (χ1) is 13.2. The topological polar surface area (TPSA) is 30.2 Å². The van der Waals surface area contributed by atoms with Gasteiger partial charge in [-0.3, -0.25) is 0 Å². The van der Waals surface area contributed by atoms with E-state index in [2.05, 4.69) is 54.8 Å². The maximum absolute atomic E-state index is 5.09. The van der Waals surface area contributed by atoms with E-state index in [1.807, 2.05) is 0 Å². The third-order valence-electron chi connectivity index (χ3n) is 6.11. The van der Waals surface area contributed by atoms with Gasteiger partial charge in [-0.15, -0.1) is 0 Å². The summed E-state index contributed by atoms with van der Waals surface area (Å²) >= 11 is 0. The van der Waals surface area contributed by atoms with Gasteiger partial charge < -0.3 is 0 Å². The normalized spacial score (nSPS) is 17.0. The molecular weight excluding hydrogens is 330 g/mol. The third-order valence-corrected chi connectivity index (χ3v) is 6.11. The number of fused-ring (bicyclic) bond motifs is 6. The Bertz CT molecular complexity index is 1140. The molecule has 0 radical (unpaired) electrons. The molecule has 3 aromatic heterocycles. The van der Waals surface area contributed by atoms with Crippen LogP contribution >= 0.6 is 0 Å². The van der Waals surface area contributed by atoms with Crippen LogP contribution in [0, 0.1) is 5.92 Å². The van der Waals surface area contributed by atoms with Gasteiger partial charge in [-0.25, -0.2) is 9.50 Å². The van der Waals surface area contributed by atoms with E-state index in [9.17, 15) is 0 Å².